The average Bonchev–Trinajstić information content (AvgIpc) is 2.73. The van der Waals surface area contributed by atoms with E-state index in [0.29, 0.717) is 10.9 Å². The van der Waals surface area contributed by atoms with Crippen LogP contribution in [-0.2, 0) is 4.57 Å². The van der Waals surface area contributed by atoms with Crippen LogP contribution in [0.1, 0.15) is 122 Å². The number of quaternary nitrogens is 1. The monoisotopic (exact) mass is 502 g/mol. The van der Waals surface area contributed by atoms with Crippen molar-refractivity contribution < 1.29 is 23.9 Å². The van der Waals surface area contributed by atoms with Gasteiger partial charge in [0.15, 0.2) is 0 Å². The van der Waals surface area contributed by atoms with Gasteiger partial charge in [-0.05, 0) is 57.8 Å². The molecule has 0 aromatic carbocycles. The first-order valence-corrected chi connectivity index (χ1v) is 15.5. The maximum atomic E-state index is 11.8. The second kappa shape index (κ2) is 19.7. The van der Waals surface area contributed by atoms with Gasteiger partial charge in [0.1, 0.15) is 6.54 Å². The van der Waals surface area contributed by atoms with Crippen LogP contribution >= 0.6 is 7.60 Å². The van der Waals surface area contributed by atoms with E-state index in [1.54, 1.807) is 0 Å². The van der Waals surface area contributed by atoms with E-state index in [4.69, 9.17) is 0 Å². The Kier molecular flexibility index (Phi) is 19.4. The van der Waals surface area contributed by atoms with Crippen LogP contribution in [0.2, 0.25) is 0 Å². The Balaban J connectivity index is 3.57. The smallest absolute Gasteiger partial charge is 0.362 e. The van der Waals surface area contributed by atoms with Crippen LogP contribution in [0.4, 0.5) is 0 Å². The van der Waals surface area contributed by atoms with E-state index >= 15 is 0 Å². The van der Waals surface area contributed by atoms with Crippen LogP contribution in [0.15, 0.2) is 24.3 Å². The summed E-state index contributed by atoms with van der Waals surface area (Å²) in [7, 11) is 0.974. The predicted octanol–water partition coefficient (Wildman–Crippen LogP) is 7.71. The van der Waals surface area contributed by atoms with Gasteiger partial charge in [0.05, 0.1) is 21.1 Å². The van der Waals surface area contributed by atoms with E-state index in [1.807, 2.05) is 21.1 Å². The minimum Gasteiger partial charge on any atom is -0.373 e. The van der Waals surface area contributed by atoms with Crippen molar-refractivity contribution in [1.82, 2.24) is 0 Å². The quantitative estimate of drug-likeness (QED) is 0.0578. The molecule has 3 N–H and O–H groups in total. The fourth-order valence-corrected chi connectivity index (χ4v) is 5.38. The average molecular weight is 503 g/mol. The Hall–Kier alpha value is -0.450. The lowest BCUT2D eigenvalue weighted by molar-refractivity contribution is -0.875. The van der Waals surface area contributed by atoms with E-state index in [1.165, 1.54) is 83.5 Å². The Morgan fingerprint density at radius 1 is 0.647 bits per heavy atom. The van der Waals surface area contributed by atoms with Crippen molar-refractivity contribution in [3.8, 4) is 0 Å². The zero-order valence-corrected chi connectivity index (χ0v) is 23.8. The number of rotatable bonds is 23. The molecule has 34 heavy (non-hydrogen) atoms. The lowest BCUT2D eigenvalue weighted by atomic mass is 10.0. The van der Waals surface area contributed by atoms with Gasteiger partial charge in [-0.3, -0.25) is 4.57 Å². The van der Waals surface area contributed by atoms with Crippen molar-refractivity contribution in [3.63, 3.8) is 0 Å². The first-order valence-electron chi connectivity index (χ1n) is 13.9. The summed E-state index contributed by atoms with van der Waals surface area (Å²) in [6, 6.07) is 0. The number of hydrogen-bond donors (Lipinski definition) is 3. The Bertz CT molecular complexity index is 579. The molecular formula is C28H57NO4P+. The predicted molar refractivity (Wildman–Crippen MR) is 147 cm³/mol. The summed E-state index contributed by atoms with van der Waals surface area (Å²) in [4.78, 5) is 19.2. The Morgan fingerprint density at radius 2 is 1.00 bits per heavy atom. The fraction of sp³-hybridized carbons (Fsp3) is 0.857. The van der Waals surface area contributed by atoms with Crippen molar-refractivity contribution in [1.29, 1.82) is 0 Å². The van der Waals surface area contributed by atoms with E-state index in [2.05, 4.69) is 31.2 Å². The van der Waals surface area contributed by atoms with Gasteiger partial charge in [-0.1, -0.05) is 89.0 Å². The van der Waals surface area contributed by atoms with Crippen molar-refractivity contribution >= 4 is 7.60 Å². The van der Waals surface area contributed by atoms with Gasteiger partial charge < -0.3 is 19.4 Å². The van der Waals surface area contributed by atoms with Crippen LogP contribution < -0.4 is 0 Å². The molecular weight excluding hydrogens is 445 g/mol. The molecule has 202 valence electrons. The van der Waals surface area contributed by atoms with Gasteiger partial charge in [0, 0.05) is 0 Å². The molecule has 0 aliphatic rings. The van der Waals surface area contributed by atoms with E-state index in [0.717, 1.165) is 19.3 Å². The summed E-state index contributed by atoms with van der Waals surface area (Å²) in [5.41, 5.74) is 0. The van der Waals surface area contributed by atoms with E-state index in [-0.39, 0.29) is 13.0 Å². The normalized spacial score (nSPS) is 14.9. The minimum atomic E-state index is -4.55. The summed E-state index contributed by atoms with van der Waals surface area (Å²) in [6.07, 6.45) is 29.8. The largest absolute Gasteiger partial charge is 0.373 e. The van der Waals surface area contributed by atoms with Crippen molar-refractivity contribution in [2.45, 2.75) is 128 Å². The molecule has 0 radical (unpaired) electrons. The third-order valence-corrected chi connectivity index (χ3v) is 7.70. The number of unbranched alkanes of at least 4 members (excludes halogenated alkanes) is 14. The second-order valence-corrected chi connectivity index (χ2v) is 13.0. The number of hydrogen-bond acceptors (Lipinski definition) is 2. The van der Waals surface area contributed by atoms with Crippen molar-refractivity contribution in [2.75, 3.05) is 27.7 Å². The minimum absolute atomic E-state index is 0.0590. The highest BCUT2D eigenvalue weighted by atomic mass is 31.2. The Morgan fingerprint density at radius 3 is 1.38 bits per heavy atom. The summed E-state index contributed by atoms with van der Waals surface area (Å²) in [5, 5.41) is 8.64. The van der Waals surface area contributed by atoms with Crippen LogP contribution in [0.25, 0.3) is 0 Å². The molecule has 0 saturated carbocycles. The van der Waals surface area contributed by atoms with Gasteiger partial charge in [-0.25, -0.2) is 0 Å². The molecule has 0 aromatic heterocycles. The SMILES string of the molecule is CCC/C=C\CCCCC/C=C\CCCCCCCCCCCC(O)(C[N+](C)(C)C)P(=O)(O)O. The molecule has 0 bridgehead atoms. The number of aliphatic hydroxyl groups is 1. The summed E-state index contributed by atoms with van der Waals surface area (Å²) >= 11 is 0. The lowest BCUT2D eigenvalue weighted by Gasteiger charge is -2.35. The molecule has 0 aliphatic carbocycles. The topological polar surface area (TPSA) is 77.8 Å². The van der Waals surface area contributed by atoms with E-state index < -0.39 is 12.9 Å². The molecule has 0 aliphatic heterocycles. The molecule has 0 rings (SSSR count). The zero-order valence-electron chi connectivity index (χ0n) is 22.9. The third-order valence-electron chi connectivity index (χ3n) is 6.25. The van der Waals surface area contributed by atoms with Crippen LogP contribution in [0.5, 0.6) is 0 Å². The maximum Gasteiger partial charge on any atom is 0.362 e. The van der Waals surface area contributed by atoms with Gasteiger partial charge in [0.25, 0.3) is 0 Å². The molecule has 1 atom stereocenters. The first kappa shape index (κ1) is 33.5. The number of allylic oxidation sites excluding steroid dienone is 4. The third kappa shape index (κ3) is 19.8. The van der Waals surface area contributed by atoms with Crippen LogP contribution in [0, 0.1) is 0 Å². The molecule has 0 spiro atoms. The molecule has 0 heterocycles. The molecule has 1 unspecified atom stereocenters. The highest BCUT2D eigenvalue weighted by Crippen LogP contribution is 2.52. The molecule has 0 fully saturated rings. The molecule has 0 saturated heterocycles. The summed E-state index contributed by atoms with van der Waals surface area (Å²) in [6.45, 7) is 2.28. The molecule has 0 aromatic rings. The molecule has 6 heteroatoms. The summed E-state index contributed by atoms with van der Waals surface area (Å²) in [5.74, 6) is 0. The van der Waals surface area contributed by atoms with Gasteiger partial charge >= 0.3 is 7.60 Å². The lowest BCUT2D eigenvalue weighted by Crippen LogP contribution is -2.49. The van der Waals surface area contributed by atoms with Crippen LogP contribution in [-0.4, -0.2) is 52.4 Å². The van der Waals surface area contributed by atoms with Crippen LogP contribution in [0.3, 0.4) is 0 Å². The van der Waals surface area contributed by atoms with Crippen molar-refractivity contribution in [2.24, 2.45) is 0 Å². The Labute approximate surface area is 211 Å². The second-order valence-electron chi connectivity index (χ2n) is 11.1. The van der Waals surface area contributed by atoms with Crippen molar-refractivity contribution in [3.05, 3.63) is 24.3 Å². The maximum absolute atomic E-state index is 11.8. The highest BCUT2D eigenvalue weighted by Gasteiger charge is 2.48. The first-order chi connectivity index (χ1) is 16.0. The van der Waals surface area contributed by atoms with Gasteiger partial charge in [-0.15, -0.1) is 0 Å². The van der Waals surface area contributed by atoms with E-state index in [9.17, 15) is 19.5 Å². The summed E-state index contributed by atoms with van der Waals surface area (Å²) < 4.78 is 12.1. The highest BCUT2D eigenvalue weighted by molar-refractivity contribution is 7.53. The zero-order chi connectivity index (χ0) is 25.8. The molecule has 0 amide bonds. The standard InChI is InChI=1S/C28H56NO4P/c1-5-6-7-8-9-10-11-12-13-14-15-16-17-18-19-20-21-22-23-24-25-26-28(30,34(31,32)33)27-29(2,3)4/h7-8,14-15,30H,5-6,9-13,16-27H2,1-4H3,(H-,31,32,33)/p+1/b8-7-,15-14-. The molecule has 5 nitrogen and oxygen atoms in total. The van der Waals surface area contributed by atoms with Gasteiger partial charge in [0.2, 0.25) is 5.34 Å². The van der Waals surface area contributed by atoms with Gasteiger partial charge in [-0.2, -0.15) is 0 Å². The number of nitrogens with zero attached hydrogens (tertiary/aromatic N) is 1. The number of likely N-dealkylation sites (N-methyl/N-ethyl adjacent to an activating group) is 1. The fourth-order valence-electron chi connectivity index (χ4n) is 4.32.